The smallest absolute Gasteiger partial charge is 0.321 e. The molecule has 110 valence electrons. The first-order chi connectivity index (χ1) is 9.55. The molecule has 1 aromatic rings. The molecule has 1 unspecified atom stereocenters. The largest absolute Gasteiger partial charge is 0.494 e. The lowest BCUT2D eigenvalue weighted by Gasteiger charge is -2.13. The minimum atomic E-state index is -0.483. The quantitative estimate of drug-likeness (QED) is 0.661. The molecule has 0 aliphatic carbocycles. The standard InChI is InChI=1S/C14H21N3O3/c1-4-20-12-7-5-11(6-8-12)9-17(3)10-13(18)16-14(19)15-2/h5-8H,4,9-10H2,1-3H3,(H2,15,16,18,19)/p+1. The van der Waals surface area contributed by atoms with Crippen molar-refractivity contribution in [2.45, 2.75) is 13.5 Å². The number of urea groups is 1. The van der Waals surface area contributed by atoms with Crippen molar-refractivity contribution >= 4 is 11.9 Å². The first kappa shape index (κ1) is 16.0. The molecule has 0 heterocycles. The van der Waals surface area contributed by atoms with E-state index < -0.39 is 6.03 Å². The van der Waals surface area contributed by atoms with E-state index in [9.17, 15) is 9.59 Å². The van der Waals surface area contributed by atoms with Gasteiger partial charge in [-0.25, -0.2) is 4.79 Å². The van der Waals surface area contributed by atoms with Crippen LogP contribution in [-0.2, 0) is 11.3 Å². The fraction of sp³-hybridized carbons (Fsp3) is 0.429. The van der Waals surface area contributed by atoms with E-state index in [1.54, 1.807) is 0 Å². The Morgan fingerprint density at radius 3 is 2.45 bits per heavy atom. The number of likely N-dealkylation sites (N-methyl/N-ethyl adjacent to an activating group) is 1. The zero-order chi connectivity index (χ0) is 15.0. The Bertz CT molecular complexity index is 445. The van der Waals surface area contributed by atoms with Crippen molar-refractivity contribution in [1.82, 2.24) is 10.6 Å². The third-order valence-corrected chi connectivity index (χ3v) is 2.68. The molecule has 0 aromatic heterocycles. The summed E-state index contributed by atoms with van der Waals surface area (Å²) in [6.45, 7) is 3.52. The lowest BCUT2D eigenvalue weighted by atomic mass is 10.2. The highest BCUT2D eigenvalue weighted by molar-refractivity contribution is 5.94. The summed E-state index contributed by atoms with van der Waals surface area (Å²) in [5.41, 5.74) is 1.11. The highest BCUT2D eigenvalue weighted by Crippen LogP contribution is 2.11. The Morgan fingerprint density at radius 2 is 1.90 bits per heavy atom. The molecule has 6 nitrogen and oxygen atoms in total. The summed E-state index contributed by atoms with van der Waals surface area (Å²) in [5, 5.41) is 4.59. The molecule has 1 aromatic carbocycles. The van der Waals surface area contributed by atoms with E-state index in [0.717, 1.165) is 16.2 Å². The molecule has 0 aliphatic heterocycles. The molecule has 1 rings (SSSR count). The summed E-state index contributed by atoms with van der Waals surface area (Å²) in [7, 11) is 3.37. The molecule has 0 aliphatic rings. The third-order valence-electron chi connectivity index (χ3n) is 2.68. The summed E-state index contributed by atoms with van der Waals surface area (Å²) in [5.74, 6) is 0.541. The Labute approximate surface area is 119 Å². The molecular formula is C14H22N3O3+. The molecular weight excluding hydrogens is 258 g/mol. The lowest BCUT2D eigenvalue weighted by Crippen LogP contribution is -3.09. The van der Waals surface area contributed by atoms with Crippen LogP contribution in [0.5, 0.6) is 5.75 Å². The van der Waals surface area contributed by atoms with E-state index in [4.69, 9.17) is 4.74 Å². The fourth-order valence-corrected chi connectivity index (χ4v) is 1.79. The van der Waals surface area contributed by atoms with Crippen LogP contribution in [0.1, 0.15) is 12.5 Å². The number of hydrogen-bond acceptors (Lipinski definition) is 3. The lowest BCUT2D eigenvalue weighted by molar-refractivity contribution is -0.885. The Kier molecular flexibility index (Phi) is 6.52. The van der Waals surface area contributed by atoms with Crippen molar-refractivity contribution in [2.24, 2.45) is 0 Å². The second-order valence-corrected chi connectivity index (χ2v) is 4.51. The van der Waals surface area contributed by atoms with Crippen LogP contribution in [0.25, 0.3) is 0 Å². The van der Waals surface area contributed by atoms with Crippen LogP contribution >= 0.6 is 0 Å². The highest BCUT2D eigenvalue weighted by Gasteiger charge is 2.12. The van der Waals surface area contributed by atoms with Gasteiger partial charge in [0.15, 0.2) is 6.54 Å². The number of carbonyl (C=O) groups is 2. The molecule has 0 saturated carbocycles. The maximum atomic E-state index is 11.5. The number of hydrogen-bond donors (Lipinski definition) is 3. The van der Waals surface area contributed by atoms with Gasteiger partial charge in [-0.05, 0) is 31.2 Å². The monoisotopic (exact) mass is 280 g/mol. The van der Waals surface area contributed by atoms with Crippen molar-refractivity contribution in [1.29, 1.82) is 0 Å². The molecule has 20 heavy (non-hydrogen) atoms. The van der Waals surface area contributed by atoms with Gasteiger partial charge in [0.2, 0.25) is 0 Å². The predicted octanol–water partition coefficient (Wildman–Crippen LogP) is -0.444. The van der Waals surface area contributed by atoms with E-state index in [1.807, 2.05) is 38.2 Å². The summed E-state index contributed by atoms with van der Waals surface area (Å²) in [4.78, 5) is 23.5. The van der Waals surface area contributed by atoms with Crippen LogP contribution in [0.4, 0.5) is 4.79 Å². The van der Waals surface area contributed by atoms with E-state index in [0.29, 0.717) is 13.2 Å². The van der Waals surface area contributed by atoms with Gasteiger partial charge in [-0.2, -0.15) is 0 Å². The third kappa shape index (κ3) is 5.71. The number of quaternary nitrogens is 1. The van der Waals surface area contributed by atoms with Gasteiger partial charge in [0.05, 0.1) is 13.7 Å². The average Bonchev–Trinajstić information content (AvgIpc) is 2.40. The van der Waals surface area contributed by atoms with Crippen LogP contribution in [0, 0.1) is 0 Å². The van der Waals surface area contributed by atoms with Gasteiger partial charge in [0, 0.05) is 12.6 Å². The second kappa shape index (κ2) is 8.16. The molecule has 0 fully saturated rings. The van der Waals surface area contributed by atoms with E-state index in [-0.39, 0.29) is 12.5 Å². The first-order valence-corrected chi connectivity index (χ1v) is 6.59. The van der Waals surface area contributed by atoms with Crippen LogP contribution < -0.4 is 20.3 Å². The molecule has 0 radical (unpaired) electrons. The Balaban J connectivity index is 2.43. The number of amides is 3. The number of ether oxygens (including phenoxy) is 1. The van der Waals surface area contributed by atoms with Crippen LogP contribution in [0.2, 0.25) is 0 Å². The molecule has 0 spiro atoms. The molecule has 3 amide bonds. The number of imide groups is 1. The molecule has 6 heteroatoms. The minimum Gasteiger partial charge on any atom is -0.494 e. The maximum Gasteiger partial charge on any atom is 0.321 e. The molecule has 0 bridgehead atoms. The Hall–Kier alpha value is -2.08. The zero-order valence-electron chi connectivity index (χ0n) is 12.2. The Morgan fingerprint density at radius 1 is 1.25 bits per heavy atom. The van der Waals surface area contributed by atoms with Gasteiger partial charge in [0.1, 0.15) is 12.3 Å². The summed E-state index contributed by atoms with van der Waals surface area (Å²) < 4.78 is 5.37. The maximum absolute atomic E-state index is 11.5. The van der Waals surface area contributed by atoms with Crippen molar-refractivity contribution < 1.29 is 19.2 Å². The topological polar surface area (TPSA) is 71.9 Å². The van der Waals surface area contributed by atoms with Crippen molar-refractivity contribution in [3.05, 3.63) is 29.8 Å². The van der Waals surface area contributed by atoms with Gasteiger partial charge in [-0.15, -0.1) is 0 Å². The summed E-state index contributed by atoms with van der Waals surface area (Å²) in [6.07, 6.45) is 0. The van der Waals surface area contributed by atoms with Crippen molar-refractivity contribution in [3.8, 4) is 5.75 Å². The summed E-state index contributed by atoms with van der Waals surface area (Å²) in [6, 6.07) is 7.30. The first-order valence-electron chi connectivity index (χ1n) is 6.59. The fourth-order valence-electron chi connectivity index (χ4n) is 1.79. The number of benzene rings is 1. The summed E-state index contributed by atoms with van der Waals surface area (Å²) >= 11 is 0. The van der Waals surface area contributed by atoms with E-state index >= 15 is 0 Å². The minimum absolute atomic E-state index is 0.237. The van der Waals surface area contributed by atoms with Gasteiger partial charge in [-0.1, -0.05) is 0 Å². The van der Waals surface area contributed by atoms with Gasteiger partial charge in [0.25, 0.3) is 5.91 Å². The van der Waals surface area contributed by atoms with Gasteiger partial charge in [-0.3, -0.25) is 10.1 Å². The number of rotatable bonds is 6. The van der Waals surface area contributed by atoms with Crippen LogP contribution in [0.3, 0.4) is 0 Å². The average molecular weight is 280 g/mol. The van der Waals surface area contributed by atoms with Gasteiger partial charge >= 0.3 is 6.03 Å². The number of carbonyl (C=O) groups excluding carboxylic acids is 2. The zero-order valence-corrected chi connectivity index (χ0v) is 12.2. The van der Waals surface area contributed by atoms with Crippen molar-refractivity contribution in [2.75, 3.05) is 27.2 Å². The van der Waals surface area contributed by atoms with Crippen LogP contribution in [0.15, 0.2) is 24.3 Å². The number of nitrogens with one attached hydrogen (secondary N) is 3. The molecule has 0 saturated heterocycles. The van der Waals surface area contributed by atoms with E-state index in [2.05, 4.69) is 10.6 Å². The predicted molar refractivity (Wildman–Crippen MR) is 75.7 cm³/mol. The normalized spacial score (nSPS) is 11.6. The molecule has 3 N–H and O–H groups in total. The van der Waals surface area contributed by atoms with Crippen LogP contribution in [-0.4, -0.2) is 39.2 Å². The highest BCUT2D eigenvalue weighted by atomic mass is 16.5. The van der Waals surface area contributed by atoms with Crippen molar-refractivity contribution in [3.63, 3.8) is 0 Å². The van der Waals surface area contributed by atoms with E-state index in [1.165, 1.54) is 7.05 Å². The second-order valence-electron chi connectivity index (χ2n) is 4.51. The SMILES string of the molecule is CCOc1ccc(C[NH+](C)CC(=O)NC(=O)NC)cc1. The molecule has 1 atom stereocenters. The van der Waals surface area contributed by atoms with Gasteiger partial charge < -0.3 is 15.0 Å².